The number of nitrogens with two attached hydrogens (primary N) is 1. The first-order valence-corrected chi connectivity index (χ1v) is 6.86. The lowest BCUT2D eigenvalue weighted by Crippen LogP contribution is -2.41. The summed E-state index contributed by atoms with van der Waals surface area (Å²) in [4.78, 5) is 2.40. The van der Waals surface area contributed by atoms with Crippen molar-refractivity contribution in [3.05, 3.63) is 23.7 Å². The summed E-state index contributed by atoms with van der Waals surface area (Å²) >= 11 is 0. The largest absolute Gasteiger partial charge is 0.465 e. The zero-order chi connectivity index (χ0) is 13.0. The molecule has 1 aromatic heterocycles. The van der Waals surface area contributed by atoms with Crippen LogP contribution < -0.4 is 5.73 Å². The minimum absolute atomic E-state index is 0.181. The Labute approximate surface area is 109 Å². The molecular formula is C14H24N2O2. The molecule has 1 aromatic rings. The predicted molar refractivity (Wildman–Crippen MR) is 71.2 cm³/mol. The molecule has 4 nitrogen and oxygen atoms in total. The molecule has 2 atom stereocenters. The van der Waals surface area contributed by atoms with E-state index in [0.29, 0.717) is 12.5 Å². The molecule has 1 fully saturated rings. The topological polar surface area (TPSA) is 62.6 Å². The lowest BCUT2D eigenvalue weighted by atomic mass is 9.93. The summed E-state index contributed by atoms with van der Waals surface area (Å²) in [5.41, 5.74) is 5.91. The highest BCUT2D eigenvalue weighted by atomic mass is 16.3. The summed E-state index contributed by atoms with van der Waals surface area (Å²) < 4.78 is 5.71. The molecule has 0 aliphatic carbocycles. The number of aliphatic hydroxyl groups excluding tert-OH is 1. The number of piperidine rings is 1. The number of hydrogen-bond donors (Lipinski definition) is 2. The Bertz CT molecular complexity index is 362. The molecule has 18 heavy (non-hydrogen) atoms. The second-order valence-corrected chi connectivity index (χ2v) is 5.22. The van der Waals surface area contributed by atoms with Crippen LogP contribution in [0.15, 0.2) is 16.5 Å². The normalized spacial score (nSPS) is 23.2. The van der Waals surface area contributed by atoms with Crippen molar-refractivity contribution in [3.8, 4) is 0 Å². The van der Waals surface area contributed by atoms with Gasteiger partial charge in [0.2, 0.25) is 0 Å². The third-order valence-electron chi connectivity index (χ3n) is 3.84. The predicted octanol–water partition coefficient (Wildman–Crippen LogP) is 1.68. The summed E-state index contributed by atoms with van der Waals surface area (Å²) in [5.74, 6) is 2.50. The van der Waals surface area contributed by atoms with Crippen molar-refractivity contribution in [2.45, 2.75) is 32.2 Å². The molecule has 0 amide bonds. The van der Waals surface area contributed by atoms with Crippen molar-refractivity contribution in [3.63, 3.8) is 0 Å². The Kier molecular flexibility index (Phi) is 4.80. The van der Waals surface area contributed by atoms with E-state index in [9.17, 15) is 0 Å². The van der Waals surface area contributed by atoms with Gasteiger partial charge in [-0.2, -0.15) is 0 Å². The van der Waals surface area contributed by atoms with Crippen LogP contribution in [0.1, 0.15) is 36.8 Å². The van der Waals surface area contributed by atoms with Crippen molar-refractivity contribution < 1.29 is 9.52 Å². The van der Waals surface area contributed by atoms with Crippen LogP contribution in [0.3, 0.4) is 0 Å². The van der Waals surface area contributed by atoms with Crippen LogP contribution in [-0.2, 0) is 0 Å². The molecule has 3 N–H and O–H groups in total. The number of hydrogen-bond acceptors (Lipinski definition) is 4. The number of furan rings is 1. The molecule has 1 saturated heterocycles. The maximum Gasteiger partial charge on any atom is 0.122 e. The van der Waals surface area contributed by atoms with Gasteiger partial charge < -0.3 is 15.3 Å². The van der Waals surface area contributed by atoms with Crippen molar-refractivity contribution in [1.82, 2.24) is 4.90 Å². The SMILES string of the molecule is Cc1ccc(C(CN)N2CCCC(CCO)C2)o1. The molecule has 0 aromatic carbocycles. The average Bonchev–Trinajstić information content (AvgIpc) is 2.78. The Morgan fingerprint density at radius 3 is 3.00 bits per heavy atom. The van der Waals surface area contributed by atoms with Gasteiger partial charge in [0.15, 0.2) is 0 Å². The van der Waals surface area contributed by atoms with Gasteiger partial charge in [0.1, 0.15) is 11.5 Å². The second kappa shape index (κ2) is 6.36. The lowest BCUT2D eigenvalue weighted by molar-refractivity contribution is 0.0993. The molecule has 2 heterocycles. The van der Waals surface area contributed by atoms with Gasteiger partial charge in [-0.1, -0.05) is 0 Å². The standard InChI is InChI=1S/C14H24N2O2/c1-11-4-5-14(18-11)13(9-15)16-7-2-3-12(10-16)6-8-17/h4-5,12-13,17H,2-3,6-10,15H2,1H3. The highest BCUT2D eigenvalue weighted by Crippen LogP contribution is 2.28. The van der Waals surface area contributed by atoms with Crippen LogP contribution >= 0.6 is 0 Å². The summed E-state index contributed by atoms with van der Waals surface area (Å²) in [7, 11) is 0. The van der Waals surface area contributed by atoms with Crippen LogP contribution in [0.2, 0.25) is 0 Å². The third-order valence-corrected chi connectivity index (χ3v) is 3.84. The summed E-state index contributed by atoms with van der Waals surface area (Å²) in [5, 5.41) is 9.06. The zero-order valence-electron chi connectivity index (χ0n) is 11.1. The number of aryl methyl sites for hydroxylation is 1. The molecule has 0 bridgehead atoms. The number of rotatable bonds is 5. The molecule has 0 radical (unpaired) electrons. The van der Waals surface area contributed by atoms with E-state index in [0.717, 1.165) is 31.0 Å². The van der Waals surface area contributed by atoms with Gasteiger partial charge in [0, 0.05) is 19.7 Å². The lowest BCUT2D eigenvalue weighted by Gasteiger charge is -2.36. The van der Waals surface area contributed by atoms with Gasteiger partial charge in [-0.15, -0.1) is 0 Å². The first-order valence-electron chi connectivity index (χ1n) is 6.86. The fraction of sp³-hybridized carbons (Fsp3) is 0.714. The molecule has 0 saturated carbocycles. The summed E-state index contributed by atoms with van der Waals surface area (Å²) in [6.07, 6.45) is 3.29. The molecule has 2 unspecified atom stereocenters. The van der Waals surface area contributed by atoms with Crippen LogP contribution in [-0.4, -0.2) is 36.2 Å². The number of likely N-dealkylation sites (tertiary alicyclic amines) is 1. The summed E-state index contributed by atoms with van der Waals surface area (Å²) in [6.45, 7) is 4.91. The van der Waals surface area contributed by atoms with Crippen molar-refractivity contribution in [2.75, 3.05) is 26.2 Å². The first kappa shape index (κ1) is 13.6. The highest BCUT2D eigenvalue weighted by Gasteiger charge is 2.27. The fourth-order valence-electron chi connectivity index (χ4n) is 2.88. The molecule has 102 valence electrons. The Morgan fingerprint density at radius 1 is 1.56 bits per heavy atom. The van der Waals surface area contributed by atoms with Gasteiger partial charge in [-0.25, -0.2) is 0 Å². The first-order chi connectivity index (χ1) is 8.74. The maximum atomic E-state index is 9.06. The minimum Gasteiger partial charge on any atom is -0.465 e. The number of nitrogens with zero attached hydrogens (tertiary/aromatic N) is 1. The average molecular weight is 252 g/mol. The van der Waals surface area contributed by atoms with Gasteiger partial charge in [0.05, 0.1) is 6.04 Å². The zero-order valence-corrected chi connectivity index (χ0v) is 11.1. The van der Waals surface area contributed by atoms with E-state index in [1.807, 2.05) is 19.1 Å². The Hall–Kier alpha value is -0.840. The van der Waals surface area contributed by atoms with Gasteiger partial charge in [-0.05, 0) is 50.8 Å². The molecule has 0 spiro atoms. The van der Waals surface area contributed by atoms with Crippen LogP contribution in [0.5, 0.6) is 0 Å². The Balaban J connectivity index is 2.03. The molecule has 1 aliphatic rings. The van der Waals surface area contributed by atoms with Crippen molar-refractivity contribution in [2.24, 2.45) is 11.7 Å². The van der Waals surface area contributed by atoms with E-state index in [-0.39, 0.29) is 12.6 Å². The fourth-order valence-corrected chi connectivity index (χ4v) is 2.88. The van der Waals surface area contributed by atoms with E-state index < -0.39 is 0 Å². The van der Waals surface area contributed by atoms with Gasteiger partial charge >= 0.3 is 0 Å². The van der Waals surface area contributed by atoms with E-state index >= 15 is 0 Å². The van der Waals surface area contributed by atoms with E-state index in [4.69, 9.17) is 15.3 Å². The van der Waals surface area contributed by atoms with Crippen LogP contribution in [0.4, 0.5) is 0 Å². The van der Waals surface area contributed by atoms with E-state index in [1.165, 1.54) is 12.8 Å². The van der Waals surface area contributed by atoms with Crippen LogP contribution in [0.25, 0.3) is 0 Å². The van der Waals surface area contributed by atoms with Crippen LogP contribution in [0, 0.1) is 12.8 Å². The Morgan fingerprint density at radius 2 is 2.39 bits per heavy atom. The summed E-state index contributed by atoms with van der Waals surface area (Å²) in [6, 6.07) is 4.20. The monoisotopic (exact) mass is 252 g/mol. The van der Waals surface area contributed by atoms with Crippen molar-refractivity contribution >= 4 is 0 Å². The quantitative estimate of drug-likeness (QED) is 0.837. The second-order valence-electron chi connectivity index (χ2n) is 5.22. The van der Waals surface area contributed by atoms with E-state index in [2.05, 4.69) is 4.90 Å². The minimum atomic E-state index is 0.181. The molecule has 2 rings (SSSR count). The van der Waals surface area contributed by atoms with Crippen molar-refractivity contribution in [1.29, 1.82) is 0 Å². The van der Waals surface area contributed by atoms with E-state index in [1.54, 1.807) is 0 Å². The highest BCUT2D eigenvalue weighted by molar-refractivity contribution is 5.10. The molecule has 1 aliphatic heterocycles. The molecular weight excluding hydrogens is 228 g/mol. The smallest absolute Gasteiger partial charge is 0.122 e. The molecule has 4 heteroatoms. The van der Waals surface area contributed by atoms with Gasteiger partial charge in [0.25, 0.3) is 0 Å². The number of aliphatic hydroxyl groups is 1. The maximum absolute atomic E-state index is 9.06. The van der Waals surface area contributed by atoms with Gasteiger partial charge in [-0.3, -0.25) is 4.90 Å². The third kappa shape index (κ3) is 3.13.